The quantitative estimate of drug-likeness (QED) is 0.903. The molecule has 116 valence electrons. The molecule has 2 bridgehead atoms. The third kappa shape index (κ3) is 2.94. The Morgan fingerprint density at radius 2 is 1.86 bits per heavy atom. The summed E-state index contributed by atoms with van der Waals surface area (Å²) in [6.07, 6.45) is 3.87. The summed E-state index contributed by atoms with van der Waals surface area (Å²) in [4.78, 5) is 2.60. The molecule has 1 saturated heterocycles. The first kappa shape index (κ1) is 14.8. The van der Waals surface area contributed by atoms with Crippen molar-refractivity contribution in [2.75, 3.05) is 18.4 Å². The average molecular weight is 290 g/mol. The third-order valence-corrected chi connectivity index (χ3v) is 5.37. The molecule has 0 spiro atoms. The minimum atomic E-state index is -0.112. The number of rotatable bonds is 3. The second-order valence-electron chi connectivity index (χ2n) is 7.10. The van der Waals surface area contributed by atoms with E-state index in [0.29, 0.717) is 23.9 Å². The van der Waals surface area contributed by atoms with E-state index in [4.69, 9.17) is 0 Å². The Morgan fingerprint density at radius 1 is 1.19 bits per heavy atom. The summed E-state index contributed by atoms with van der Waals surface area (Å²) in [6, 6.07) is 6.39. The molecule has 0 aromatic heterocycles. The van der Waals surface area contributed by atoms with Gasteiger partial charge >= 0.3 is 0 Å². The molecule has 1 aliphatic heterocycles. The summed E-state index contributed by atoms with van der Waals surface area (Å²) < 4.78 is 14.1. The molecule has 0 radical (unpaired) electrons. The number of benzene rings is 1. The first-order chi connectivity index (χ1) is 10.1. The monoisotopic (exact) mass is 290 g/mol. The second-order valence-corrected chi connectivity index (χ2v) is 7.10. The molecule has 1 saturated carbocycles. The summed E-state index contributed by atoms with van der Waals surface area (Å²) in [7, 11) is 0. The number of piperidine rings is 1. The highest BCUT2D eigenvalue weighted by Crippen LogP contribution is 2.38. The summed E-state index contributed by atoms with van der Waals surface area (Å²) in [6.45, 7) is 8.86. The lowest BCUT2D eigenvalue weighted by atomic mass is 9.73. The fraction of sp³-hybridized carbons (Fsp3) is 0.667. The summed E-state index contributed by atoms with van der Waals surface area (Å²) in [5.41, 5.74) is 1.73. The number of aryl methyl sites for hydroxylation is 1. The Balaban J connectivity index is 1.80. The maximum absolute atomic E-state index is 14.1. The topological polar surface area (TPSA) is 15.3 Å². The highest BCUT2D eigenvalue weighted by atomic mass is 19.1. The molecule has 1 heterocycles. The van der Waals surface area contributed by atoms with E-state index in [0.717, 1.165) is 24.3 Å². The van der Waals surface area contributed by atoms with E-state index in [1.807, 2.05) is 13.0 Å². The number of halogens is 1. The van der Waals surface area contributed by atoms with Crippen molar-refractivity contribution in [3.8, 4) is 0 Å². The molecular formula is C18H27FN2. The molecule has 0 amide bonds. The second kappa shape index (κ2) is 5.96. The number of hydrogen-bond donors (Lipinski definition) is 1. The third-order valence-electron chi connectivity index (χ3n) is 5.37. The van der Waals surface area contributed by atoms with Gasteiger partial charge in [-0.1, -0.05) is 18.6 Å². The molecule has 1 aliphatic carbocycles. The molecule has 1 N–H and O–H groups in total. The van der Waals surface area contributed by atoms with Gasteiger partial charge < -0.3 is 10.2 Å². The Kier molecular flexibility index (Phi) is 4.21. The van der Waals surface area contributed by atoms with Crippen LogP contribution in [0.15, 0.2) is 18.2 Å². The molecule has 2 nitrogen and oxygen atoms in total. The SMILES string of the molecule is Cc1cccc(F)c1NC1C2CCCC1CN(C(C)C)C2. The lowest BCUT2D eigenvalue weighted by Gasteiger charge is -2.49. The molecule has 21 heavy (non-hydrogen) atoms. The van der Waals surface area contributed by atoms with Gasteiger partial charge in [-0.05, 0) is 57.1 Å². The summed E-state index contributed by atoms with van der Waals surface area (Å²) in [5, 5.41) is 3.58. The van der Waals surface area contributed by atoms with E-state index in [1.54, 1.807) is 12.1 Å². The smallest absolute Gasteiger partial charge is 0.146 e. The van der Waals surface area contributed by atoms with E-state index >= 15 is 0 Å². The van der Waals surface area contributed by atoms with Crippen LogP contribution in [0.3, 0.4) is 0 Å². The van der Waals surface area contributed by atoms with Crippen molar-refractivity contribution in [2.24, 2.45) is 11.8 Å². The predicted octanol–water partition coefficient (Wildman–Crippen LogP) is 4.05. The number of nitrogens with zero attached hydrogens (tertiary/aromatic N) is 1. The number of para-hydroxylation sites is 1. The molecule has 2 fully saturated rings. The lowest BCUT2D eigenvalue weighted by Crippen LogP contribution is -2.56. The number of anilines is 1. The molecule has 2 unspecified atom stereocenters. The van der Waals surface area contributed by atoms with Crippen LogP contribution < -0.4 is 5.32 Å². The van der Waals surface area contributed by atoms with Crippen molar-refractivity contribution in [3.63, 3.8) is 0 Å². The van der Waals surface area contributed by atoms with Crippen molar-refractivity contribution < 1.29 is 4.39 Å². The Bertz CT molecular complexity index is 466. The van der Waals surface area contributed by atoms with Gasteiger partial charge in [-0.25, -0.2) is 4.39 Å². The lowest BCUT2D eigenvalue weighted by molar-refractivity contribution is 0.0517. The molecule has 1 aromatic rings. The van der Waals surface area contributed by atoms with Crippen LogP contribution in [0, 0.1) is 24.6 Å². The van der Waals surface area contributed by atoms with Gasteiger partial charge in [0, 0.05) is 25.2 Å². The van der Waals surface area contributed by atoms with Crippen molar-refractivity contribution in [2.45, 2.75) is 52.1 Å². The van der Waals surface area contributed by atoms with Gasteiger partial charge in [0.2, 0.25) is 0 Å². The maximum Gasteiger partial charge on any atom is 0.146 e. The standard InChI is InChI=1S/C18H27FN2/c1-12(2)21-10-14-7-5-8-15(11-21)18(14)20-17-13(3)6-4-9-16(17)19/h4,6,9,12,14-15,18,20H,5,7-8,10-11H2,1-3H3. The van der Waals surface area contributed by atoms with Crippen molar-refractivity contribution >= 4 is 5.69 Å². The van der Waals surface area contributed by atoms with Gasteiger partial charge in [0.05, 0.1) is 5.69 Å². The van der Waals surface area contributed by atoms with Crippen LogP contribution in [-0.4, -0.2) is 30.1 Å². The normalized spacial score (nSPS) is 29.7. The Morgan fingerprint density at radius 3 is 2.43 bits per heavy atom. The zero-order valence-corrected chi connectivity index (χ0v) is 13.4. The Labute approximate surface area is 127 Å². The number of fused-ring (bicyclic) bond motifs is 2. The van der Waals surface area contributed by atoms with Crippen LogP contribution in [0.5, 0.6) is 0 Å². The van der Waals surface area contributed by atoms with Gasteiger partial charge in [-0.3, -0.25) is 0 Å². The predicted molar refractivity (Wildman–Crippen MR) is 86.1 cm³/mol. The van der Waals surface area contributed by atoms with E-state index in [2.05, 4.69) is 24.1 Å². The Hall–Kier alpha value is -1.09. The van der Waals surface area contributed by atoms with Gasteiger partial charge in [-0.15, -0.1) is 0 Å². The largest absolute Gasteiger partial charge is 0.379 e. The van der Waals surface area contributed by atoms with Gasteiger partial charge in [0.1, 0.15) is 5.82 Å². The summed E-state index contributed by atoms with van der Waals surface area (Å²) >= 11 is 0. The number of likely N-dealkylation sites (tertiary alicyclic amines) is 1. The molecule has 3 heteroatoms. The summed E-state index contributed by atoms with van der Waals surface area (Å²) in [5.74, 6) is 1.19. The van der Waals surface area contributed by atoms with E-state index in [9.17, 15) is 4.39 Å². The van der Waals surface area contributed by atoms with Crippen LogP contribution in [-0.2, 0) is 0 Å². The van der Waals surface area contributed by atoms with Gasteiger partial charge in [0.25, 0.3) is 0 Å². The average Bonchev–Trinajstić information content (AvgIpc) is 2.42. The molecule has 3 rings (SSSR count). The van der Waals surface area contributed by atoms with E-state index in [-0.39, 0.29) is 5.82 Å². The van der Waals surface area contributed by atoms with Crippen molar-refractivity contribution in [1.29, 1.82) is 0 Å². The fourth-order valence-electron chi connectivity index (χ4n) is 4.11. The van der Waals surface area contributed by atoms with Crippen LogP contribution >= 0.6 is 0 Å². The number of nitrogens with one attached hydrogen (secondary N) is 1. The molecule has 2 atom stereocenters. The minimum Gasteiger partial charge on any atom is -0.379 e. The van der Waals surface area contributed by atoms with Gasteiger partial charge in [0.15, 0.2) is 0 Å². The van der Waals surface area contributed by atoms with Crippen LogP contribution in [0.2, 0.25) is 0 Å². The first-order valence-corrected chi connectivity index (χ1v) is 8.32. The van der Waals surface area contributed by atoms with Gasteiger partial charge in [-0.2, -0.15) is 0 Å². The maximum atomic E-state index is 14.1. The highest BCUT2D eigenvalue weighted by Gasteiger charge is 2.40. The van der Waals surface area contributed by atoms with Crippen molar-refractivity contribution in [1.82, 2.24) is 4.90 Å². The first-order valence-electron chi connectivity index (χ1n) is 8.32. The minimum absolute atomic E-state index is 0.112. The number of hydrogen-bond acceptors (Lipinski definition) is 2. The van der Waals surface area contributed by atoms with Crippen LogP contribution in [0.25, 0.3) is 0 Å². The zero-order chi connectivity index (χ0) is 15.0. The van der Waals surface area contributed by atoms with Crippen LogP contribution in [0.4, 0.5) is 10.1 Å². The highest BCUT2D eigenvalue weighted by molar-refractivity contribution is 5.52. The zero-order valence-electron chi connectivity index (χ0n) is 13.4. The van der Waals surface area contributed by atoms with Crippen molar-refractivity contribution in [3.05, 3.63) is 29.6 Å². The molecule has 2 aliphatic rings. The van der Waals surface area contributed by atoms with Crippen LogP contribution in [0.1, 0.15) is 38.7 Å². The molecule has 1 aromatic carbocycles. The fourth-order valence-corrected chi connectivity index (χ4v) is 4.11. The van der Waals surface area contributed by atoms with E-state index in [1.165, 1.54) is 19.3 Å². The molecular weight excluding hydrogens is 263 g/mol. The van der Waals surface area contributed by atoms with E-state index < -0.39 is 0 Å².